The molecule has 1 aliphatic heterocycles. The average Bonchev–Trinajstić information content (AvgIpc) is 2.48. The summed E-state index contributed by atoms with van der Waals surface area (Å²) in [6, 6.07) is 7.47. The summed E-state index contributed by atoms with van der Waals surface area (Å²) in [5, 5.41) is 9.06. The van der Waals surface area contributed by atoms with Gasteiger partial charge in [0.25, 0.3) is 0 Å². The Hall–Kier alpha value is -1.59. The van der Waals surface area contributed by atoms with Crippen LogP contribution in [0.25, 0.3) is 0 Å². The van der Waals surface area contributed by atoms with E-state index in [0.29, 0.717) is 26.1 Å². The molecule has 1 aromatic carbocycles. The number of ether oxygens (including phenoxy) is 2. The molecule has 1 aliphatic rings. The van der Waals surface area contributed by atoms with Crippen LogP contribution in [0.3, 0.4) is 0 Å². The Morgan fingerprint density at radius 3 is 2.84 bits per heavy atom. The molecule has 0 aliphatic carbocycles. The molecule has 0 saturated carbocycles. The number of nitrogens with zero attached hydrogens (tertiary/aromatic N) is 1. The van der Waals surface area contributed by atoms with Crippen LogP contribution in [0.5, 0.6) is 5.75 Å². The minimum absolute atomic E-state index is 0.0493. The Kier molecular flexibility index (Phi) is 4.76. The van der Waals surface area contributed by atoms with E-state index in [2.05, 4.69) is 0 Å². The van der Waals surface area contributed by atoms with Crippen molar-refractivity contribution in [3.05, 3.63) is 29.8 Å². The van der Waals surface area contributed by atoms with Gasteiger partial charge in [0.1, 0.15) is 5.75 Å². The van der Waals surface area contributed by atoms with Crippen LogP contribution >= 0.6 is 0 Å². The molecule has 2 rings (SSSR count). The van der Waals surface area contributed by atoms with Crippen LogP contribution in [-0.4, -0.2) is 55.4 Å². The van der Waals surface area contributed by atoms with Crippen LogP contribution in [0.1, 0.15) is 5.56 Å². The maximum Gasteiger partial charge on any atom is 0.227 e. The summed E-state index contributed by atoms with van der Waals surface area (Å²) in [5.41, 5.74) is 0.956. The highest BCUT2D eigenvalue weighted by Gasteiger charge is 2.23. The second kappa shape index (κ2) is 6.54. The molecule has 0 bridgehead atoms. The number of hydrogen-bond acceptors (Lipinski definition) is 4. The maximum absolute atomic E-state index is 12.1. The zero-order chi connectivity index (χ0) is 13.7. The van der Waals surface area contributed by atoms with Crippen molar-refractivity contribution < 1.29 is 19.4 Å². The summed E-state index contributed by atoms with van der Waals surface area (Å²) in [7, 11) is 1.61. The standard InChI is InChI=1S/C14H19NO4/c1-18-12-4-2-11(3-5-12)8-14(17)15-6-7-19-13(9-15)10-16/h2-5,13,16H,6-10H2,1H3. The molecule has 1 N–H and O–H groups in total. The smallest absolute Gasteiger partial charge is 0.227 e. The molecule has 1 atom stereocenters. The van der Waals surface area contributed by atoms with E-state index >= 15 is 0 Å². The van der Waals surface area contributed by atoms with Gasteiger partial charge < -0.3 is 19.5 Å². The fourth-order valence-electron chi connectivity index (χ4n) is 2.09. The van der Waals surface area contributed by atoms with Crippen molar-refractivity contribution in [2.45, 2.75) is 12.5 Å². The first kappa shape index (κ1) is 13.8. The Morgan fingerprint density at radius 1 is 1.47 bits per heavy atom. The van der Waals surface area contributed by atoms with Gasteiger partial charge in [-0.2, -0.15) is 0 Å². The zero-order valence-electron chi connectivity index (χ0n) is 11.0. The third-order valence-corrected chi connectivity index (χ3v) is 3.21. The number of benzene rings is 1. The topological polar surface area (TPSA) is 59.0 Å². The van der Waals surface area contributed by atoms with E-state index in [1.54, 1.807) is 12.0 Å². The average molecular weight is 265 g/mol. The molecular weight excluding hydrogens is 246 g/mol. The highest BCUT2D eigenvalue weighted by Crippen LogP contribution is 2.13. The summed E-state index contributed by atoms with van der Waals surface area (Å²) in [6.45, 7) is 1.49. The van der Waals surface area contributed by atoms with Gasteiger partial charge in [-0.05, 0) is 17.7 Å². The quantitative estimate of drug-likeness (QED) is 0.859. The molecular formula is C14H19NO4. The van der Waals surface area contributed by atoms with Crippen molar-refractivity contribution in [2.24, 2.45) is 0 Å². The van der Waals surface area contributed by atoms with Gasteiger partial charge in [-0.15, -0.1) is 0 Å². The fraction of sp³-hybridized carbons (Fsp3) is 0.500. The Balaban J connectivity index is 1.92. The molecule has 1 heterocycles. The van der Waals surface area contributed by atoms with Crippen molar-refractivity contribution in [1.29, 1.82) is 0 Å². The summed E-state index contributed by atoms with van der Waals surface area (Å²) < 4.78 is 10.4. The normalized spacial score (nSPS) is 19.3. The molecule has 0 spiro atoms. The molecule has 104 valence electrons. The molecule has 1 unspecified atom stereocenters. The van der Waals surface area contributed by atoms with Gasteiger partial charge in [0.15, 0.2) is 0 Å². The summed E-state index contributed by atoms with van der Waals surface area (Å²) in [6.07, 6.45) is 0.107. The lowest BCUT2D eigenvalue weighted by atomic mass is 10.1. The molecule has 19 heavy (non-hydrogen) atoms. The van der Waals surface area contributed by atoms with E-state index < -0.39 is 0 Å². The van der Waals surface area contributed by atoms with Gasteiger partial charge in [0.05, 0.1) is 32.8 Å². The molecule has 1 aromatic rings. The summed E-state index contributed by atoms with van der Waals surface area (Å²) in [4.78, 5) is 13.9. The van der Waals surface area contributed by atoms with Gasteiger partial charge >= 0.3 is 0 Å². The van der Waals surface area contributed by atoms with Crippen LogP contribution in [0.15, 0.2) is 24.3 Å². The number of carbonyl (C=O) groups excluding carboxylic acids is 1. The monoisotopic (exact) mass is 265 g/mol. The van der Waals surface area contributed by atoms with Crippen molar-refractivity contribution in [1.82, 2.24) is 4.90 Å². The van der Waals surface area contributed by atoms with E-state index in [0.717, 1.165) is 11.3 Å². The third kappa shape index (κ3) is 3.68. The highest BCUT2D eigenvalue weighted by molar-refractivity contribution is 5.79. The number of rotatable bonds is 4. The van der Waals surface area contributed by atoms with Crippen LogP contribution in [-0.2, 0) is 16.0 Å². The number of methoxy groups -OCH3 is 1. The predicted octanol–water partition coefficient (Wildman–Crippen LogP) is 0.457. The minimum Gasteiger partial charge on any atom is -0.497 e. The maximum atomic E-state index is 12.1. The van der Waals surface area contributed by atoms with Crippen molar-refractivity contribution in [2.75, 3.05) is 33.4 Å². The molecule has 1 saturated heterocycles. The molecule has 0 radical (unpaired) electrons. The van der Waals surface area contributed by atoms with E-state index in [9.17, 15) is 4.79 Å². The van der Waals surface area contributed by atoms with Crippen LogP contribution < -0.4 is 4.74 Å². The largest absolute Gasteiger partial charge is 0.497 e. The number of aliphatic hydroxyl groups excluding tert-OH is 1. The fourth-order valence-corrected chi connectivity index (χ4v) is 2.09. The number of morpholine rings is 1. The molecule has 1 amide bonds. The first-order chi connectivity index (χ1) is 9.22. The lowest BCUT2D eigenvalue weighted by molar-refractivity contribution is -0.139. The van der Waals surface area contributed by atoms with Crippen LogP contribution in [0.2, 0.25) is 0 Å². The minimum atomic E-state index is -0.256. The highest BCUT2D eigenvalue weighted by atomic mass is 16.5. The lowest BCUT2D eigenvalue weighted by Crippen LogP contribution is -2.47. The zero-order valence-corrected chi connectivity index (χ0v) is 11.0. The van der Waals surface area contributed by atoms with Gasteiger partial charge in [0, 0.05) is 13.1 Å². The Labute approximate surface area is 112 Å². The van der Waals surface area contributed by atoms with Crippen LogP contribution in [0.4, 0.5) is 0 Å². The first-order valence-electron chi connectivity index (χ1n) is 6.36. The molecule has 1 fully saturated rings. The van der Waals surface area contributed by atoms with Crippen molar-refractivity contribution in [3.63, 3.8) is 0 Å². The Bertz CT molecular complexity index is 418. The van der Waals surface area contributed by atoms with E-state index in [1.807, 2.05) is 24.3 Å². The number of amides is 1. The van der Waals surface area contributed by atoms with E-state index in [4.69, 9.17) is 14.6 Å². The van der Waals surface area contributed by atoms with Crippen molar-refractivity contribution in [3.8, 4) is 5.75 Å². The van der Waals surface area contributed by atoms with E-state index in [1.165, 1.54) is 0 Å². The van der Waals surface area contributed by atoms with Gasteiger partial charge in [-0.3, -0.25) is 4.79 Å². The molecule has 0 aromatic heterocycles. The predicted molar refractivity (Wildman–Crippen MR) is 70.1 cm³/mol. The second-order valence-electron chi connectivity index (χ2n) is 4.54. The summed E-state index contributed by atoms with van der Waals surface area (Å²) in [5.74, 6) is 0.842. The molecule has 5 nitrogen and oxygen atoms in total. The first-order valence-corrected chi connectivity index (χ1v) is 6.36. The number of aliphatic hydroxyl groups is 1. The third-order valence-electron chi connectivity index (χ3n) is 3.21. The number of carbonyl (C=O) groups is 1. The van der Waals surface area contributed by atoms with E-state index in [-0.39, 0.29) is 18.6 Å². The second-order valence-corrected chi connectivity index (χ2v) is 4.54. The molecule has 5 heteroatoms. The van der Waals surface area contributed by atoms with Crippen molar-refractivity contribution >= 4 is 5.91 Å². The van der Waals surface area contributed by atoms with Gasteiger partial charge in [0.2, 0.25) is 5.91 Å². The van der Waals surface area contributed by atoms with Crippen LogP contribution in [0, 0.1) is 0 Å². The van der Waals surface area contributed by atoms with Gasteiger partial charge in [-0.25, -0.2) is 0 Å². The number of hydrogen-bond donors (Lipinski definition) is 1. The SMILES string of the molecule is COc1ccc(CC(=O)N2CCOC(CO)C2)cc1. The van der Waals surface area contributed by atoms with Gasteiger partial charge in [-0.1, -0.05) is 12.1 Å². The Morgan fingerprint density at radius 2 is 2.21 bits per heavy atom. The lowest BCUT2D eigenvalue weighted by Gasteiger charge is -2.32. The summed E-state index contributed by atoms with van der Waals surface area (Å²) >= 11 is 0.